The maximum Gasteiger partial charge on any atom is 0.228 e. The molecule has 1 aliphatic rings. The number of anilines is 1. The number of hydrogen-bond acceptors (Lipinski definition) is 4. The maximum absolute atomic E-state index is 12.7. The lowest BCUT2D eigenvalue weighted by molar-refractivity contribution is -0.117. The zero-order valence-corrected chi connectivity index (χ0v) is 19.8. The van der Waals surface area contributed by atoms with Gasteiger partial charge in [0.15, 0.2) is 6.79 Å². The summed E-state index contributed by atoms with van der Waals surface area (Å²) >= 11 is 12.8. The lowest BCUT2D eigenvalue weighted by atomic mass is 9.97. The van der Waals surface area contributed by atoms with Gasteiger partial charge in [0, 0.05) is 46.2 Å². The number of carbonyl (C=O) groups is 1. The van der Waals surface area contributed by atoms with Crippen molar-refractivity contribution in [3.05, 3.63) is 40.3 Å². The van der Waals surface area contributed by atoms with Crippen LogP contribution in [0.25, 0.3) is 0 Å². The highest BCUT2D eigenvalue weighted by Crippen LogP contribution is 2.43. The fourth-order valence-corrected chi connectivity index (χ4v) is 4.56. The van der Waals surface area contributed by atoms with Gasteiger partial charge in [-0.05, 0) is 18.2 Å². The molecule has 1 aliphatic heterocycles. The molecular formula is C20H27Cl2N3O3Si. The fraction of sp³-hybridized carbons (Fsp3) is 0.500. The van der Waals surface area contributed by atoms with Gasteiger partial charge in [0.05, 0.1) is 22.6 Å². The Balaban J connectivity index is 1.74. The Morgan fingerprint density at radius 1 is 1.28 bits per heavy atom. The van der Waals surface area contributed by atoms with Gasteiger partial charge in [-0.15, -0.1) is 0 Å². The molecule has 6 nitrogen and oxygen atoms in total. The number of halogens is 2. The maximum atomic E-state index is 12.7. The Kier molecular flexibility index (Phi) is 6.93. The molecule has 1 unspecified atom stereocenters. The summed E-state index contributed by atoms with van der Waals surface area (Å²) in [5.74, 6) is 1.26. The largest absolute Gasteiger partial charge is 0.467 e. The topological polar surface area (TPSA) is 56.6 Å². The van der Waals surface area contributed by atoms with Crippen molar-refractivity contribution in [1.82, 2.24) is 9.55 Å². The van der Waals surface area contributed by atoms with E-state index in [1.54, 1.807) is 29.6 Å². The van der Waals surface area contributed by atoms with Crippen LogP contribution in [0.1, 0.15) is 17.9 Å². The molecule has 29 heavy (non-hydrogen) atoms. The minimum Gasteiger partial charge on any atom is -0.467 e. The molecule has 1 saturated heterocycles. The van der Waals surface area contributed by atoms with Gasteiger partial charge in [-0.3, -0.25) is 9.69 Å². The Labute approximate surface area is 182 Å². The molecule has 2 heterocycles. The number of carbonyl (C=O) groups excluding carboxylic acids is 1. The Bertz CT molecular complexity index is 882. The summed E-state index contributed by atoms with van der Waals surface area (Å²) in [6.07, 6.45) is 3.69. The van der Waals surface area contributed by atoms with E-state index in [4.69, 9.17) is 32.7 Å². The van der Waals surface area contributed by atoms with Crippen LogP contribution >= 0.6 is 23.2 Å². The molecule has 1 atom stereocenters. The third-order valence-electron chi connectivity index (χ3n) is 4.99. The van der Waals surface area contributed by atoms with Crippen LogP contribution in [0.3, 0.4) is 0 Å². The number of imidazole rings is 1. The third-order valence-corrected chi connectivity index (χ3v) is 7.51. The lowest BCUT2D eigenvalue weighted by Gasteiger charge is -2.20. The lowest BCUT2D eigenvalue weighted by Crippen LogP contribution is -2.26. The van der Waals surface area contributed by atoms with Crippen molar-refractivity contribution in [1.29, 1.82) is 0 Å². The number of benzene rings is 1. The number of ether oxygens (including phenoxy) is 2. The molecule has 2 aromatic rings. The number of nitrogens with zero attached hydrogens (tertiary/aromatic N) is 3. The molecule has 0 aliphatic carbocycles. The van der Waals surface area contributed by atoms with E-state index < -0.39 is 8.07 Å². The van der Waals surface area contributed by atoms with Gasteiger partial charge >= 0.3 is 0 Å². The number of amides is 1. The van der Waals surface area contributed by atoms with Crippen molar-refractivity contribution in [2.24, 2.45) is 7.05 Å². The molecule has 9 heteroatoms. The first-order valence-electron chi connectivity index (χ1n) is 9.62. The standard InChI is InChI=1S/C20H27Cl2N3O3Si/c1-24-12-23-10-17(24)25-11-14(9-18(25)26)19-16(6-5-15(21)20(19)22)28-13-27-7-8-29(2,3)4/h5-6,10,12,14H,7-9,11,13H2,1-4H3. The molecule has 0 N–H and O–H groups in total. The Morgan fingerprint density at radius 2 is 2.03 bits per heavy atom. The summed E-state index contributed by atoms with van der Waals surface area (Å²) in [7, 11) is 0.712. The highest BCUT2D eigenvalue weighted by Gasteiger charge is 2.36. The molecule has 0 radical (unpaired) electrons. The minimum absolute atomic E-state index is 0.0204. The summed E-state index contributed by atoms with van der Waals surface area (Å²) in [5, 5.41) is 0.871. The summed E-state index contributed by atoms with van der Waals surface area (Å²) in [4.78, 5) is 18.5. The predicted molar refractivity (Wildman–Crippen MR) is 119 cm³/mol. The monoisotopic (exact) mass is 455 g/mol. The quantitative estimate of drug-likeness (QED) is 0.321. The molecule has 0 spiro atoms. The van der Waals surface area contributed by atoms with E-state index in [0.717, 1.165) is 17.4 Å². The summed E-state index contributed by atoms with van der Waals surface area (Å²) in [6, 6.07) is 4.57. The Hall–Kier alpha value is -1.54. The normalized spacial score (nSPS) is 17.2. The third kappa shape index (κ3) is 5.34. The van der Waals surface area contributed by atoms with Crippen molar-refractivity contribution in [2.45, 2.75) is 38.0 Å². The van der Waals surface area contributed by atoms with Crippen molar-refractivity contribution in [3.63, 3.8) is 0 Å². The average Bonchev–Trinajstić information content (AvgIpc) is 3.22. The summed E-state index contributed by atoms with van der Waals surface area (Å²) in [5.41, 5.74) is 0.756. The van der Waals surface area contributed by atoms with Crippen molar-refractivity contribution < 1.29 is 14.3 Å². The average molecular weight is 456 g/mol. The van der Waals surface area contributed by atoms with Gasteiger partial charge in [0.2, 0.25) is 5.91 Å². The van der Waals surface area contributed by atoms with E-state index in [0.29, 0.717) is 35.4 Å². The molecule has 0 saturated carbocycles. The number of rotatable bonds is 8. The molecule has 1 aromatic heterocycles. The second-order valence-corrected chi connectivity index (χ2v) is 14.9. The number of hydrogen-bond donors (Lipinski definition) is 0. The van der Waals surface area contributed by atoms with Crippen LogP contribution in [0.4, 0.5) is 5.82 Å². The van der Waals surface area contributed by atoms with Crippen LogP contribution in [0.5, 0.6) is 5.75 Å². The van der Waals surface area contributed by atoms with E-state index in [-0.39, 0.29) is 18.6 Å². The van der Waals surface area contributed by atoms with E-state index in [2.05, 4.69) is 24.6 Å². The smallest absolute Gasteiger partial charge is 0.228 e. The molecule has 1 amide bonds. The fourth-order valence-electron chi connectivity index (χ4n) is 3.33. The second-order valence-electron chi connectivity index (χ2n) is 8.52. The minimum atomic E-state index is -1.15. The van der Waals surface area contributed by atoms with Crippen LogP contribution in [0.2, 0.25) is 35.7 Å². The van der Waals surface area contributed by atoms with Crippen molar-refractivity contribution >= 4 is 43.0 Å². The van der Waals surface area contributed by atoms with Gasteiger partial charge < -0.3 is 14.0 Å². The van der Waals surface area contributed by atoms with Crippen molar-refractivity contribution in [2.75, 3.05) is 24.8 Å². The molecule has 158 valence electrons. The number of aromatic nitrogens is 2. The zero-order valence-electron chi connectivity index (χ0n) is 17.2. The SMILES string of the molecule is Cn1cncc1N1CC(c2c(OCOCC[Si](C)(C)C)ccc(Cl)c2Cl)CC1=O. The predicted octanol–water partition coefficient (Wildman–Crippen LogP) is 4.94. The molecule has 1 aromatic carbocycles. The van der Waals surface area contributed by atoms with Crippen LogP contribution in [-0.4, -0.2) is 43.5 Å². The molecule has 3 rings (SSSR count). The Morgan fingerprint density at radius 3 is 2.69 bits per heavy atom. The summed E-state index contributed by atoms with van der Waals surface area (Å²) < 4.78 is 13.4. The van der Waals surface area contributed by atoms with Crippen LogP contribution < -0.4 is 9.64 Å². The molecule has 0 bridgehead atoms. The highest BCUT2D eigenvalue weighted by atomic mass is 35.5. The first-order valence-corrected chi connectivity index (χ1v) is 14.1. The number of aryl methyl sites for hydroxylation is 1. The van der Waals surface area contributed by atoms with Gasteiger partial charge in [-0.2, -0.15) is 0 Å². The highest BCUT2D eigenvalue weighted by molar-refractivity contribution is 6.76. The van der Waals surface area contributed by atoms with Gasteiger partial charge in [0.25, 0.3) is 0 Å². The van der Waals surface area contributed by atoms with Crippen LogP contribution in [0.15, 0.2) is 24.7 Å². The zero-order chi connectivity index (χ0) is 21.2. The molecular weight excluding hydrogens is 429 g/mol. The van der Waals surface area contributed by atoms with Gasteiger partial charge in [-0.1, -0.05) is 42.8 Å². The van der Waals surface area contributed by atoms with Crippen LogP contribution in [-0.2, 0) is 16.6 Å². The van der Waals surface area contributed by atoms with Gasteiger partial charge in [-0.25, -0.2) is 4.98 Å². The van der Waals surface area contributed by atoms with E-state index in [1.165, 1.54) is 0 Å². The van der Waals surface area contributed by atoms with E-state index in [9.17, 15) is 4.79 Å². The van der Waals surface area contributed by atoms with Gasteiger partial charge in [0.1, 0.15) is 11.6 Å². The van der Waals surface area contributed by atoms with Crippen LogP contribution in [0, 0.1) is 0 Å². The first-order chi connectivity index (χ1) is 13.7. The second kappa shape index (κ2) is 9.08. The van der Waals surface area contributed by atoms with E-state index in [1.807, 2.05) is 11.6 Å². The van der Waals surface area contributed by atoms with E-state index >= 15 is 0 Å². The molecule has 1 fully saturated rings. The summed E-state index contributed by atoms with van der Waals surface area (Å²) in [6.45, 7) is 8.22. The van der Waals surface area contributed by atoms with Crippen molar-refractivity contribution in [3.8, 4) is 5.75 Å². The first kappa shape index (κ1) is 22.1.